The molecule has 0 unspecified atom stereocenters. The summed E-state index contributed by atoms with van der Waals surface area (Å²) >= 11 is 0. The van der Waals surface area contributed by atoms with E-state index in [1.54, 1.807) is 42.5 Å². The standard InChI is InChI=1S/C22H19NO4/c1-16(24)18-11-5-7-13-20(18)26-15-22(25)23-19-12-6-8-14-21(19)27-17-9-3-2-4-10-17/h2-14H,15H2,1H3,(H,23,25). The molecule has 3 aromatic rings. The summed E-state index contributed by atoms with van der Waals surface area (Å²) in [5.74, 6) is 1.12. The van der Waals surface area contributed by atoms with Crippen LogP contribution < -0.4 is 14.8 Å². The summed E-state index contributed by atoms with van der Waals surface area (Å²) < 4.78 is 11.3. The van der Waals surface area contributed by atoms with E-state index in [-0.39, 0.29) is 18.3 Å². The lowest BCUT2D eigenvalue weighted by molar-refractivity contribution is -0.118. The Balaban J connectivity index is 1.66. The van der Waals surface area contributed by atoms with Crippen molar-refractivity contribution in [3.63, 3.8) is 0 Å². The average Bonchev–Trinajstić information content (AvgIpc) is 2.69. The molecule has 0 atom stereocenters. The van der Waals surface area contributed by atoms with Crippen LogP contribution in [0.2, 0.25) is 0 Å². The van der Waals surface area contributed by atoms with Crippen LogP contribution in [0.15, 0.2) is 78.9 Å². The van der Waals surface area contributed by atoms with E-state index < -0.39 is 0 Å². The fourth-order valence-corrected chi connectivity index (χ4v) is 2.49. The van der Waals surface area contributed by atoms with E-state index in [1.165, 1.54) is 6.92 Å². The third kappa shape index (κ3) is 4.95. The number of Topliss-reactive ketones (excluding diaryl/α,β-unsaturated/α-hetero) is 1. The first-order valence-electron chi connectivity index (χ1n) is 8.48. The number of anilines is 1. The van der Waals surface area contributed by atoms with Crippen LogP contribution in [0.25, 0.3) is 0 Å². The normalized spacial score (nSPS) is 10.1. The molecular weight excluding hydrogens is 342 g/mol. The van der Waals surface area contributed by atoms with Crippen LogP contribution in [0.5, 0.6) is 17.2 Å². The van der Waals surface area contributed by atoms with Crippen LogP contribution in [0.4, 0.5) is 5.69 Å². The van der Waals surface area contributed by atoms with Crippen LogP contribution in [0.3, 0.4) is 0 Å². The Morgan fingerprint density at radius 3 is 2.19 bits per heavy atom. The van der Waals surface area contributed by atoms with Gasteiger partial charge in [0.2, 0.25) is 0 Å². The summed E-state index contributed by atoms with van der Waals surface area (Å²) in [4.78, 5) is 23.9. The second-order valence-electron chi connectivity index (χ2n) is 5.80. The van der Waals surface area contributed by atoms with Gasteiger partial charge in [0.15, 0.2) is 18.1 Å². The van der Waals surface area contributed by atoms with Crippen molar-refractivity contribution in [3.8, 4) is 17.2 Å². The van der Waals surface area contributed by atoms with Gasteiger partial charge in [-0.1, -0.05) is 42.5 Å². The predicted molar refractivity (Wildman–Crippen MR) is 104 cm³/mol. The van der Waals surface area contributed by atoms with Crippen LogP contribution in [-0.2, 0) is 4.79 Å². The second-order valence-corrected chi connectivity index (χ2v) is 5.80. The van der Waals surface area contributed by atoms with Crippen molar-refractivity contribution in [2.75, 3.05) is 11.9 Å². The molecule has 5 heteroatoms. The first kappa shape index (κ1) is 18.2. The number of benzene rings is 3. The topological polar surface area (TPSA) is 64.6 Å². The third-order valence-corrected chi connectivity index (χ3v) is 3.76. The van der Waals surface area contributed by atoms with Crippen molar-refractivity contribution in [2.45, 2.75) is 6.92 Å². The highest BCUT2D eigenvalue weighted by Crippen LogP contribution is 2.29. The molecule has 0 aromatic heterocycles. The largest absolute Gasteiger partial charge is 0.483 e. The van der Waals surface area contributed by atoms with Crippen molar-refractivity contribution < 1.29 is 19.1 Å². The summed E-state index contributed by atoms with van der Waals surface area (Å²) in [6, 6.07) is 23.3. The molecule has 0 aliphatic heterocycles. The lowest BCUT2D eigenvalue weighted by Crippen LogP contribution is -2.21. The molecule has 0 aliphatic carbocycles. The van der Waals surface area contributed by atoms with E-state index in [2.05, 4.69) is 5.32 Å². The van der Waals surface area contributed by atoms with Crippen molar-refractivity contribution in [1.29, 1.82) is 0 Å². The van der Waals surface area contributed by atoms with E-state index in [9.17, 15) is 9.59 Å². The number of ketones is 1. The maximum atomic E-state index is 12.3. The Morgan fingerprint density at radius 2 is 1.44 bits per heavy atom. The summed E-state index contributed by atoms with van der Waals surface area (Å²) in [6.07, 6.45) is 0. The molecule has 0 saturated carbocycles. The minimum Gasteiger partial charge on any atom is -0.483 e. The Morgan fingerprint density at radius 1 is 0.815 bits per heavy atom. The van der Waals surface area contributed by atoms with Gasteiger partial charge in [-0.05, 0) is 43.3 Å². The van der Waals surface area contributed by atoms with Crippen molar-refractivity contribution >= 4 is 17.4 Å². The van der Waals surface area contributed by atoms with Crippen molar-refractivity contribution in [2.24, 2.45) is 0 Å². The van der Waals surface area contributed by atoms with Crippen LogP contribution in [0.1, 0.15) is 17.3 Å². The molecule has 3 rings (SSSR count). The van der Waals surface area contributed by atoms with E-state index in [4.69, 9.17) is 9.47 Å². The van der Waals surface area contributed by atoms with E-state index in [0.29, 0.717) is 28.5 Å². The molecule has 5 nitrogen and oxygen atoms in total. The van der Waals surface area contributed by atoms with E-state index in [0.717, 1.165) is 0 Å². The zero-order valence-corrected chi connectivity index (χ0v) is 14.8. The van der Waals surface area contributed by atoms with Crippen LogP contribution >= 0.6 is 0 Å². The smallest absolute Gasteiger partial charge is 0.262 e. The quantitative estimate of drug-likeness (QED) is 0.620. The average molecular weight is 361 g/mol. The molecule has 1 amide bonds. The van der Waals surface area contributed by atoms with E-state index in [1.807, 2.05) is 36.4 Å². The Kier molecular flexibility index (Phi) is 5.84. The zero-order chi connectivity index (χ0) is 19.1. The Labute approximate surface area is 157 Å². The number of rotatable bonds is 7. The molecule has 1 N–H and O–H groups in total. The summed E-state index contributed by atoms with van der Waals surface area (Å²) in [6.45, 7) is 1.24. The van der Waals surface area contributed by atoms with Gasteiger partial charge >= 0.3 is 0 Å². The molecule has 0 fully saturated rings. The predicted octanol–water partition coefficient (Wildman–Crippen LogP) is 4.70. The Bertz CT molecular complexity index is 938. The molecule has 27 heavy (non-hydrogen) atoms. The number of ether oxygens (including phenoxy) is 2. The van der Waals surface area contributed by atoms with Crippen LogP contribution in [-0.4, -0.2) is 18.3 Å². The molecule has 0 aliphatic rings. The van der Waals surface area contributed by atoms with Gasteiger partial charge in [0.05, 0.1) is 11.3 Å². The first-order chi connectivity index (χ1) is 13.1. The molecule has 0 spiro atoms. The number of hydrogen-bond donors (Lipinski definition) is 1. The van der Waals surface area contributed by atoms with Gasteiger partial charge < -0.3 is 14.8 Å². The van der Waals surface area contributed by atoms with Crippen molar-refractivity contribution in [1.82, 2.24) is 0 Å². The molecular formula is C22H19NO4. The highest BCUT2D eigenvalue weighted by Gasteiger charge is 2.12. The molecule has 3 aromatic carbocycles. The van der Waals surface area contributed by atoms with Gasteiger partial charge in [0.1, 0.15) is 11.5 Å². The fraction of sp³-hybridized carbons (Fsp3) is 0.0909. The van der Waals surface area contributed by atoms with Gasteiger partial charge in [-0.3, -0.25) is 9.59 Å². The lowest BCUT2D eigenvalue weighted by atomic mass is 10.1. The summed E-state index contributed by atoms with van der Waals surface area (Å²) in [5.41, 5.74) is 0.980. The first-order valence-corrected chi connectivity index (χ1v) is 8.48. The number of amides is 1. The molecule has 0 heterocycles. The lowest BCUT2D eigenvalue weighted by Gasteiger charge is -2.13. The summed E-state index contributed by atoms with van der Waals surface area (Å²) in [7, 11) is 0. The monoisotopic (exact) mass is 361 g/mol. The zero-order valence-electron chi connectivity index (χ0n) is 14.8. The maximum absolute atomic E-state index is 12.3. The molecule has 0 saturated heterocycles. The molecule has 136 valence electrons. The fourth-order valence-electron chi connectivity index (χ4n) is 2.49. The minimum absolute atomic E-state index is 0.118. The summed E-state index contributed by atoms with van der Waals surface area (Å²) in [5, 5.41) is 2.78. The van der Waals surface area contributed by atoms with Crippen molar-refractivity contribution in [3.05, 3.63) is 84.4 Å². The number of para-hydroxylation sites is 4. The third-order valence-electron chi connectivity index (χ3n) is 3.76. The minimum atomic E-state index is -0.350. The van der Waals surface area contributed by atoms with E-state index >= 15 is 0 Å². The Hall–Kier alpha value is -3.60. The van der Waals surface area contributed by atoms with Gasteiger partial charge in [-0.15, -0.1) is 0 Å². The van der Waals surface area contributed by atoms with Gasteiger partial charge in [-0.25, -0.2) is 0 Å². The van der Waals surface area contributed by atoms with Gasteiger partial charge in [-0.2, -0.15) is 0 Å². The maximum Gasteiger partial charge on any atom is 0.262 e. The molecule has 0 radical (unpaired) electrons. The number of nitrogens with one attached hydrogen (secondary N) is 1. The van der Waals surface area contributed by atoms with Crippen LogP contribution in [0, 0.1) is 0 Å². The second kappa shape index (κ2) is 8.67. The highest BCUT2D eigenvalue weighted by atomic mass is 16.5. The van der Waals surface area contributed by atoms with Gasteiger partial charge in [0.25, 0.3) is 5.91 Å². The number of hydrogen-bond acceptors (Lipinski definition) is 4. The highest BCUT2D eigenvalue weighted by molar-refractivity contribution is 5.97. The number of carbonyl (C=O) groups excluding carboxylic acids is 2. The SMILES string of the molecule is CC(=O)c1ccccc1OCC(=O)Nc1ccccc1Oc1ccccc1. The number of carbonyl (C=O) groups is 2. The van der Waals surface area contributed by atoms with Gasteiger partial charge in [0, 0.05) is 0 Å². The molecule has 0 bridgehead atoms.